The maximum Gasteiger partial charge on any atom is 0.130 e. The summed E-state index contributed by atoms with van der Waals surface area (Å²) in [6, 6.07) is 2.58. The van der Waals surface area contributed by atoms with E-state index in [-0.39, 0.29) is 6.10 Å². The fourth-order valence-corrected chi connectivity index (χ4v) is 1.55. The fourth-order valence-electron chi connectivity index (χ4n) is 1.55. The van der Waals surface area contributed by atoms with Crippen molar-refractivity contribution in [2.75, 3.05) is 0 Å². The van der Waals surface area contributed by atoms with Gasteiger partial charge < -0.3 is 14.5 Å². The van der Waals surface area contributed by atoms with E-state index in [1.54, 1.807) is 0 Å². The Labute approximate surface area is 111 Å². The van der Waals surface area contributed by atoms with Crippen molar-refractivity contribution >= 4 is 0 Å². The molecule has 0 bridgehead atoms. The topological polar surface area (TPSA) is 34.4 Å². The predicted octanol–water partition coefficient (Wildman–Crippen LogP) is 3.65. The van der Waals surface area contributed by atoms with Gasteiger partial charge in [0.2, 0.25) is 0 Å². The van der Waals surface area contributed by atoms with Crippen LogP contribution in [0, 0.1) is 12.8 Å². The predicted molar refractivity (Wildman–Crippen MR) is 74.5 cm³/mol. The Morgan fingerprint density at radius 3 is 2.44 bits per heavy atom. The first-order chi connectivity index (χ1) is 8.40. The first kappa shape index (κ1) is 15.3. The molecule has 1 aromatic heterocycles. The minimum atomic E-state index is 0.257. The lowest BCUT2D eigenvalue weighted by Crippen LogP contribution is -2.21. The Morgan fingerprint density at radius 1 is 1.22 bits per heavy atom. The lowest BCUT2D eigenvalue weighted by molar-refractivity contribution is 0.0146. The maximum atomic E-state index is 5.77. The number of rotatable bonds is 7. The summed E-state index contributed by atoms with van der Waals surface area (Å²) in [5, 5.41) is 3.40. The first-order valence-corrected chi connectivity index (χ1v) is 6.83. The second-order valence-corrected chi connectivity index (χ2v) is 5.59. The van der Waals surface area contributed by atoms with Gasteiger partial charge in [0.25, 0.3) is 0 Å². The zero-order chi connectivity index (χ0) is 13.7. The lowest BCUT2D eigenvalue weighted by Gasteiger charge is -2.15. The van der Waals surface area contributed by atoms with Gasteiger partial charge in [-0.1, -0.05) is 27.7 Å². The third-order valence-corrected chi connectivity index (χ3v) is 3.20. The van der Waals surface area contributed by atoms with Crippen molar-refractivity contribution in [3.8, 4) is 0 Å². The standard InChI is InChI=1S/C15H27NO2/c1-10(2)12(5)17-9-15-7-14(13(6)18-15)8-16-11(3)4/h7,10-12,16H,8-9H2,1-6H3. The van der Waals surface area contributed by atoms with Crippen molar-refractivity contribution < 1.29 is 9.15 Å². The molecule has 1 N–H and O–H groups in total. The highest BCUT2D eigenvalue weighted by Crippen LogP contribution is 2.17. The molecule has 1 heterocycles. The van der Waals surface area contributed by atoms with Crippen LogP contribution in [0.25, 0.3) is 0 Å². The Hall–Kier alpha value is -0.800. The van der Waals surface area contributed by atoms with Gasteiger partial charge in [0.1, 0.15) is 18.1 Å². The molecule has 0 radical (unpaired) electrons. The van der Waals surface area contributed by atoms with Crippen molar-refractivity contribution in [1.29, 1.82) is 0 Å². The summed E-state index contributed by atoms with van der Waals surface area (Å²) in [6.45, 7) is 14.1. The molecule has 0 fully saturated rings. The Balaban J connectivity index is 2.50. The summed E-state index contributed by atoms with van der Waals surface area (Å²) in [5.41, 5.74) is 1.22. The van der Waals surface area contributed by atoms with Crippen LogP contribution in [0.2, 0.25) is 0 Å². The molecular formula is C15H27NO2. The minimum absolute atomic E-state index is 0.257. The smallest absolute Gasteiger partial charge is 0.130 e. The SMILES string of the molecule is Cc1oc(COC(C)C(C)C)cc1CNC(C)C. The van der Waals surface area contributed by atoms with Crippen molar-refractivity contribution in [3.63, 3.8) is 0 Å². The van der Waals surface area contributed by atoms with Crippen LogP contribution in [0.4, 0.5) is 0 Å². The number of nitrogens with one attached hydrogen (secondary N) is 1. The molecule has 3 nitrogen and oxygen atoms in total. The van der Waals surface area contributed by atoms with Crippen molar-refractivity contribution in [3.05, 3.63) is 23.2 Å². The van der Waals surface area contributed by atoms with Crippen molar-refractivity contribution in [2.45, 2.75) is 66.8 Å². The van der Waals surface area contributed by atoms with E-state index < -0.39 is 0 Å². The molecule has 0 aromatic carbocycles. The van der Waals surface area contributed by atoms with Crippen molar-refractivity contribution in [2.24, 2.45) is 5.92 Å². The number of hydrogen-bond donors (Lipinski definition) is 1. The average Bonchev–Trinajstić information content (AvgIpc) is 2.64. The van der Waals surface area contributed by atoms with Gasteiger partial charge in [-0.2, -0.15) is 0 Å². The zero-order valence-electron chi connectivity index (χ0n) is 12.5. The molecule has 104 valence electrons. The van der Waals surface area contributed by atoms with Gasteiger partial charge in [0, 0.05) is 18.2 Å². The molecule has 0 aliphatic heterocycles. The third-order valence-electron chi connectivity index (χ3n) is 3.20. The Kier molecular flexibility index (Phi) is 5.89. The second kappa shape index (κ2) is 6.95. The van der Waals surface area contributed by atoms with Gasteiger partial charge >= 0.3 is 0 Å². The van der Waals surface area contributed by atoms with Crippen LogP contribution >= 0.6 is 0 Å². The van der Waals surface area contributed by atoms with E-state index in [9.17, 15) is 0 Å². The van der Waals surface area contributed by atoms with E-state index >= 15 is 0 Å². The lowest BCUT2D eigenvalue weighted by atomic mass is 10.1. The largest absolute Gasteiger partial charge is 0.464 e. The summed E-state index contributed by atoms with van der Waals surface area (Å²) in [5.74, 6) is 2.43. The summed E-state index contributed by atoms with van der Waals surface area (Å²) in [7, 11) is 0. The molecule has 0 saturated heterocycles. The number of furan rings is 1. The van der Waals surface area contributed by atoms with Crippen LogP contribution in [0.15, 0.2) is 10.5 Å². The van der Waals surface area contributed by atoms with Gasteiger partial charge in [-0.05, 0) is 25.8 Å². The van der Waals surface area contributed by atoms with E-state index in [2.05, 4.69) is 46.0 Å². The first-order valence-electron chi connectivity index (χ1n) is 6.83. The Morgan fingerprint density at radius 2 is 1.89 bits per heavy atom. The molecule has 18 heavy (non-hydrogen) atoms. The quantitative estimate of drug-likeness (QED) is 0.805. The molecular weight excluding hydrogens is 226 g/mol. The molecule has 0 aliphatic rings. The van der Waals surface area contributed by atoms with Crippen molar-refractivity contribution in [1.82, 2.24) is 5.32 Å². The maximum absolute atomic E-state index is 5.77. The van der Waals surface area contributed by atoms with Gasteiger partial charge in [0.15, 0.2) is 0 Å². The molecule has 0 amide bonds. The summed E-state index contributed by atoms with van der Waals surface area (Å²) >= 11 is 0. The van der Waals surface area contributed by atoms with Crippen LogP contribution in [0.5, 0.6) is 0 Å². The molecule has 0 saturated carbocycles. The van der Waals surface area contributed by atoms with Gasteiger partial charge in [-0.25, -0.2) is 0 Å². The van der Waals surface area contributed by atoms with Crippen LogP contribution < -0.4 is 5.32 Å². The highest BCUT2D eigenvalue weighted by Gasteiger charge is 2.11. The zero-order valence-corrected chi connectivity index (χ0v) is 12.5. The molecule has 1 rings (SSSR count). The monoisotopic (exact) mass is 253 g/mol. The minimum Gasteiger partial charge on any atom is -0.464 e. The highest BCUT2D eigenvalue weighted by atomic mass is 16.5. The third kappa shape index (κ3) is 4.83. The molecule has 1 aromatic rings. The van der Waals surface area contributed by atoms with Crippen LogP contribution in [-0.2, 0) is 17.9 Å². The summed E-state index contributed by atoms with van der Waals surface area (Å²) in [4.78, 5) is 0. The molecule has 1 unspecified atom stereocenters. The van der Waals surface area contributed by atoms with E-state index in [1.807, 2.05) is 6.92 Å². The second-order valence-electron chi connectivity index (χ2n) is 5.59. The summed E-state index contributed by atoms with van der Waals surface area (Å²) in [6.07, 6.45) is 0.257. The van der Waals surface area contributed by atoms with E-state index in [0.29, 0.717) is 18.6 Å². The Bertz CT molecular complexity index is 355. The van der Waals surface area contributed by atoms with Crippen LogP contribution in [0.3, 0.4) is 0 Å². The molecule has 3 heteroatoms. The van der Waals surface area contributed by atoms with Gasteiger partial charge in [-0.3, -0.25) is 0 Å². The highest BCUT2D eigenvalue weighted by molar-refractivity contribution is 5.20. The molecule has 0 aliphatic carbocycles. The average molecular weight is 253 g/mol. The number of hydrogen-bond acceptors (Lipinski definition) is 3. The van der Waals surface area contributed by atoms with Crippen LogP contribution in [-0.4, -0.2) is 12.1 Å². The van der Waals surface area contributed by atoms with E-state index in [4.69, 9.17) is 9.15 Å². The van der Waals surface area contributed by atoms with Crippen LogP contribution in [0.1, 0.15) is 51.7 Å². The normalized spacial score (nSPS) is 13.6. The fraction of sp³-hybridized carbons (Fsp3) is 0.733. The number of aryl methyl sites for hydroxylation is 1. The van der Waals surface area contributed by atoms with Gasteiger partial charge in [-0.15, -0.1) is 0 Å². The van der Waals surface area contributed by atoms with E-state index in [1.165, 1.54) is 5.56 Å². The molecule has 1 atom stereocenters. The van der Waals surface area contributed by atoms with E-state index in [0.717, 1.165) is 18.1 Å². The van der Waals surface area contributed by atoms with Gasteiger partial charge in [0.05, 0.1) is 6.10 Å². The summed E-state index contributed by atoms with van der Waals surface area (Å²) < 4.78 is 11.5. The molecule has 0 spiro atoms. The number of ether oxygens (including phenoxy) is 1.